The summed E-state index contributed by atoms with van der Waals surface area (Å²) in [6, 6.07) is 6.25. The molecule has 0 saturated carbocycles. The van der Waals surface area contributed by atoms with Gasteiger partial charge in [0.15, 0.2) is 0 Å². The number of nitrogens with one attached hydrogen (secondary N) is 2. The van der Waals surface area contributed by atoms with Gasteiger partial charge in [0, 0.05) is 27.9 Å². The largest absolute Gasteiger partial charge is 0.314 e. The lowest BCUT2D eigenvalue weighted by molar-refractivity contribution is 0.410. The second-order valence-electron chi connectivity index (χ2n) is 5.27. The third-order valence-corrected chi connectivity index (χ3v) is 4.71. The summed E-state index contributed by atoms with van der Waals surface area (Å²) in [5.41, 5.74) is 0. The second kappa shape index (κ2) is 5.98. The number of rotatable bonds is 5. The molecule has 2 rings (SSSR count). The van der Waals surface area contributed by atoms with E-state index in [-0.39, 0.29) is 0 Å². The fraction of sp³-hybridized carbons (Fsp3) is 0.714. The van der Waals surface area contributed by atoms with Crippen LogP contribution in [0.1, 0.15) is 48.9 Å². The fourth-order valence-corrected chi connectivity index (χ4v) is 3.54. The minimum absolute atomic E-state index is 0.477. The van der Waals surface area contributed by atoms with Gasteiger partial charge in [-0.3, -0.25) is 0 Å². The normalized spacial score (nSPS) is 23.8. The van der Waals surface area contributed by atoms with Crippen LogP contribution in [0.4, 0.5) is 0 Å². The molecule has 0 aromatic carbocycles. The van der Waals surface area contributed by atoms with Crippen LogP contribution in [0.15, 0.2) is 12.1 Å². The standard InChI is InChI=1S/C14H24N2S/c1-10(9-13-5-4-8-15-13)16-12(3)14-7-6-11(2)17-14/h6-7,10,12-13,15-16H,4-5,8-9H2,1-3H3. The van der Waals surface area contributed by atoms with Gasteiger partial charge in [0.2, 0.25) is 0 Å². The van der Waals surface area contributed by atoms with E-state index in [2.05, 4.69) is 43.5 Å². The van der Waals surface area contributed by atoms with Gasteiger partial charge in [-0.25, -0.2) is 0 Å². The van der Waals surface area contributed by atoms with Crippen molar-refractivity contribution in [2.45, 2.75) is 58.2 Å². The lowest BCUT2D eigenvalue weighted by Crippen LogP contribution is -2.35. The molecule has 0 spiro atoms. The Kier molecular flexibility index (Phi) is 4.60. The Labute approximate surface area is 109 Å². The molecular formula is C14H24N2S. The maximum Gasteiger partial charge on any atom is 0.0388 e. The Bertz CT molecular complexity index is 342. The van der Waals surface area contributed by atoms with Gasteiger partial charge < -0.3 is 10.6 Å². The summed E-state index contributed by atoms with van der Waals surface area (Å²) < 4.78 is 0. The summed E-state index contributed by atoms with van der Waals surface area (Å²) in [5, 5.41) is 7.27. The quantitative estimate of drug-likeness (QED) is 0.840. The van der Waals surface area contributed by atoms with Crippen molar-refractivity contribution >= 4 is 11.3 Å². The predicted molar refractivity (Wildman–Crippen MR) is 75.7 cm³/mol. The SMILES string of the molecule is Cc1ccc(C(C)NC(C)CC2CCCN2)s1. The third-order valence-electron chi connectivity index (χ3n) is 3.52. The van der Waals surface area contributed by atoms with Gasteiger partial charge in [0.05, 0.1) is 0 Å². The van der Waals surface area contributed by atoms with Crippen molar-refractivity contribution in [3.05, 3.63) is 21.9 Å². The molecule has 0 amide bonds. The van der Waals surface area contributed by atoms with Crippen molar-refractivity contribution in [3.8, 4) is 0 Å². The Balaban J connectivity index is 1.79. The van der Waals surface area contributed by atoms with Crippen molar-refractivity contribution in [2.75, 3.05) is 6.54 Å². The highest BCUT2D eigenvalue weighted by Crippen LogP contribution is 2.23. The minimum atomic E-state index is 0.477. The molecule has 96 valence electrons. The molecule has 0 bridgehead atoms. The van der Waals surface area contributed by atoms with Crippen LogP contribution in [0.5, 0.6) is 0 Å². The summed E-state index contributed by atoms with van der Waals surface area (Å²) in [4.78, 5) is 2.85. The zero-order valence-corrected chi connectivity index (χ0v) is 11.9. The summed E-state index contributed by atoms with van der Waals surface area (Å²) in [6.07, 6.45) is 3.93. The predicted octanol–water partition coefficient (Wildman–Crippen LogP) is 3.24. The zero-order chi connectivity index (χ0) is 12.3. The maximum atomic E-state index is 3.71. The Morgan fingerprint density at radius 2 is 2.29 bits per heavy atom. The Morgan fingerprint density at radius 3 is 2.88 bits per heavy atom. The molecular weight excluding hydrogens is 228 g/mol. The van der Waals surface area contributed by atoms with E-state index < -0.39 is 0 Å². The van der Waals surface area contributed by atoms with E-state index in [1.807, 2.05) is 11.3 Å². The van der Waals surface area contributed by atoms with E-state index in [0.717, 1.165) is 6.04 Å². The van der Waals surface area contributed by atoms with Crippen LogP contribution in [0.2, 0.25) is 0 Å². The monoisotopic (exact) mass is 252 g/mol. The smallest absolute Gasteiger partial charge is 0.0388 e. The topological polar surface area (TPSA) is 24.1 Å². The molecule has 1 aliphatic rings. The summed E-state index contributed by atoms with van der Waals surface area (Å²) in [7, 11) is 0. The van der Waals surface area contributed by atoms with Crippen molar-refractivity contribution < 1.29 is 0 Å². The first kappa shape index (κ1) is 13.1. The third kappa shape index (κ3) is 3.80. The number of hydrogen-bond acceptors (Lipinski definition) is 3. The highest BCUT2D eigenvalue weighted by Gasteiger charge is 2.18. The van der Waals surface area contributed by atoms with Gasteiger partial charge in [-0.15, -0.1) is 11.3 Å². The molecule has 2 heterocycles. The van der Waals surface area contributed by atoms with Crippen LogP contribution in [-0.2, 0) is 0 Å². The van der Waals surface area contributed by atoms with Crippen LogP contribution in [0.3, 0.4) is 0 Å². The second-order valence-corrected chi connectivity index (χ2v) is 6.59. The van der Waals surface area contributed by atoms with Crippen molar-refractivity contribution in [3.63, 3.8) is 0 Å². The van der Waals surface area contributed by atoms with Crippen molar-refractivity contribution in [1.82, 2.24) is 10.6 Å². The van der Waals surface area contributed by atoms with Gasteiger partial charge in [-0.2, -0.15) is 0 Å². The van der Waals surface area contributed by atoms with E-state index >= 15 is 0 Å². The van der Waals surface area contributed by atoms with Crippen LogP contribution in [-0.4, -0.2) is 18.6 Å². The van der Waals surface area contributed by atoms with Gasteiger partial charge in [-0.1, -0.05) is 0 Å². The maximum absolute atomic E-state index is 3.71. The zero-order valence-electron chi connectivity index (χ0n) is 11.1. The number of thiophene rings is 1. The number of aryl methyl sites for hydroxylation is 1. The molecule has 1 aromatic rings. The van der Waals surface area contributed by atoms with Gasteiger partial charge >= 0.3 is 0 Å². The van der Waals surface area contributed by atoms with Gasteiger partial charge in [-0.05, 0) is 58.7 Å². The Morgan fingerprint density at radius 1 is 1.47 bits per heavy atom. The summed E-state index contributed by atoms with van der Waals surface area (Å²) in [6.45, 7) is 7.95. The van der Waals surface area contributed by atoms with Crippen molar-refractivity contribution in [2.24, 2.45) is 0 Å². The van der Waals surface area contributed by atoms with Gasteiger partial charge in [0.25, 0.3) is 0 Å². The highest BCUT2D eigenvalue weighted by atomic mass is 32.1. The molecule has 3 heteroatoms. The average molecular weight is 252 g/mol. The lowest BCUT2D eigenvalue weighted by Gasteiger charge is -2.22. The van der Waals surface area contributed by atoms with E-state index in [1.54, 1.807) is 0 Å². The highest BCUT2D eigenvalue weighted by molar-refractivity contribution is 7.12. The van der Waals surface area contributed by atoms with E-state index in [4.69, 9.17) is 0 Å². The Hall–Kier alpha value is -0.380. The molecule has 2 N–H and O–H groups in total. The number of hydrogen-bond donors (Lipinski definition) is 2. The van der Waals surface area contributed by atoms with Crippen LogP contribution in [0, 0.1) is 6.92 Å². The molecule has 3 atom stereocenters. The van der Waals surface area contributed by atoms with Crippen LogP contribution in [0.25, 0.3) is 0 Å². The minimum Gasteiger partial charge on any atom is -0.314 e. The molecule has 3 unspecified atom stereocenters. The molecule has 0 radical (unpaired) electrons. The first-order chi connectivity index (χ1) is 8.15. The first-order valence-corrected chi connectivity index (χ1v) is 7.52. The molecule has 1 aliphatic heterocycles. The van der Waals surface area contributed by atoms with Crippen LogP contribution >= 0.6 is 11.3 Å². The molecule has 1 saturated heterocycles. The molecule has 17 heavy (non-hydrogen) atoms. The fourth-order valence-electron chi connectivity index (χ4n) is 2.65. The van der Waals surface area contributed by atoms with Crippen molar-refractivity contribution in [1.29, 1.82) is 0 Å². The molecule has 1 aromatic heterocycles. The molecule has 1 fully saturated rings. The molecule has 2 nitrogen and oxygen atoms in total. The van der Waals surface area contributed by atoms with Gasteiger partial charge in [0.1, 0.15) is 0 Å². The van der Waals surface area contributed by atoms with E-state index in [1.165, 1.54) is 35.6 Å². The summed E-state index contributed by atoms with van der Waals surface area (Å²) >= 11 is 1.90. The average Bonchev–Trinajstić information content (AvgIpc) is 2.89. The summed E-state index contributed by atoms with van der Waals surface area (Å²) in [5.74, 6) is 0. The van der Waals surface area contributed by atoms with Crippen LogP contribution < -0.4 is 10.6 Å². The van der Waals surface area contributed by atoms with E-state index in [0.29, 0.717) is 12.1 Å². The first-order valence-electron chi connectivity index (χ1n) is 6.71. The molecule has 0 aliphatic carbocycles. The van der Waals surface area contributed by atoms with E-state index in [9.17, 15) is 0 Å². The lowest BCUT2D eigenvalue weighted by atomic mass is 10.1.